The second-order valence-corrected chi connectivity index (χ2v) is 8.97. The van der Waals surface area contributed by atoms with E-state index in [2.05, 4.69) is 78.3 Å². The van der Waals surface area contributed by atoms with Crippen LogP contribution >= 0.6 is 0 Å². The van der Waals surface area contributed by atoms with E-state index in [4.69, 9.17) is 0 Å². The summed E-state index contributed by atoms with van der Waals surface area (Å²) in [6.45, 7) is 5.95. The quantitative estimate of drug-likeness (QED) is 0.255. The lowest BCUT2D eigenvalue weighted by Crippen LogP contribution is -2.39. The van der Waals surface area contributed by atoms with Gasteiger partial charge in [-0.3, -0.25) is 19.9 Å². The van der Waals surface area contributed by atoms with E-state index in [1.54, 1.807) is 0 Å². The minimum Gasteiger partial charge on any atom is -0.301 e. The number of rotatable bonds is 15. The summed E-state index contributed by atoms with van der Waals surface area (Å²) in [6, 6.07) is 24.6. The zero-order chi connectivity index (χ0) is 24.7. The molecule has 0 bridgehead atoms. The van der Waals surface area contributed by atoms with Crippen LogP contribution in [0.25, 0.3) is 0 Å². The largest absolute Gasteiger partial charge is 0.301 e. The number of aromatic nitrogens is 4. The van der Waals surface area contributed by atoms with Crippen molar-refractivity contribution in [3.63, 3.8) is 0 Å². The molecule has 4 heterocycles. The van der Waals surface area contributed by atoms with Crippen LogP contribution in [0.15, 0.2) is 97.6 Å². The Balaban J connectivity index is 1.36. The standard InChI is InChI=1S/C30H36N6/c1-5-17-31-27(9-1)13-21-35(22-14-28-10-2-6-18-32-28)25-26-36(23-15-29-11-3-7-19-33-29)24-16-30-12-4-8-20-34-30/h1-12,17-20H,13-16,21-26H2. The van der Waals surface area contributed by atoms with Gasteiger partial charge in [0.2, 0.25) is 0 Å². The maximum Gasteiger partial charge on any atom is 0.0416 e. The van der Waals surface area contributed by atoms with E-state index in [1.165, 1.54) is 0 Å². The van der Waals surface area contributed by atoms with Gasteiger partial charge in [0.1, 0.15) is 0 Å². The van der Waals surface area contributed by atoms with Crippen molar-refractivity contribution < 1.29 is 0 Å². The first-order chi connectivity index (χ1) is 17.8. The molecule has 0 amide bonds. The third-order valence-corrected chi connectivity index (χ3v) is 6.37. The summed E-state index contributed by atoms with van der Waals surface area (Å²) in [4.78, 5) is 23.2. The summed E-state index contributed by atoms with van der Waals surface area (Å²) in [6.07, 6.45) is 11.3. The molecule has 0 aliphatic heterocycles. The molecule has 6 heteroatoms. The zero-order valence-corrected chi connectivity index (χ0v) is 21.0. The van der Waals surface area contributed by atoms with Gasteiger partial charge in [-0.05, 0) is 48.5 Å². The highest BCUT2D eigenvalue weighted by atomic mass is 15.2. The molecule has 0 aliphatic carbocycles. The first kappa shape index (κ1) is 25.6. The molecule has 4 rings (SSSR count). The third-order valence-electron chi connectivity index (χ3n) is 6.37. The van der Waals surface area contributed by atoms with Crippen molar-refractivity contribution in [2.24, 2.45) is 0 Å². The highest BCUT2D eigenvalue weighted by molar-refractivity contribution is 5.07. The minimum atomic E-state index is 0.949. The predicted octanol–water partition coefficient (Wildman–Crippen LogP) is 4.14. The van der Waals surface area contributed by atoms with Gasteiger partial charge < -0.3 is 9.80 Å². The van der Waals surface area contributed by atoms with Gasteiger partial charge in [0.15, 0.2) is 0 Å². The molecule has 4 aromatic heterocycles. The Kier molecular flexibility index (Phi) is 10.5. The van der Waals surface area contributed by atoms with Crippen molar-refractivity contribution in [2.75, 3.05) is 39.3 Å². The Morgan fingerprint density at radius 3 is 0.861 bits per heavy atom. The first-order valence-corrected chi connectivity index (χ1v) is 12.9. The van der Waals surface area contributed by atoms with Crippen LogP contribution in [0.5, 0.6) is 0 Å². The van der Waals surface area contributed by atoms with E-state index in [9.17, 15) is 0 Å². The van der Waals surface area contributed by atoms with Crippen molar-refractivity contribution in [1.82, 2.24) is 29.7 Å². The molecule has 0 fully saturated rings. The number of pyridine rings is 4. The van der Waals surface area contributed by atoms with Crippen LogP contribution in [0.1, 0.15) is 22.8 Å². The molecule has 186 valence electrons. The Hall–Kier alpha value is -3.48. The van der Waals surface area contributed by atoms with Crippen molar-refractivity contribution in [3.05, 3.63) is 120 Å². The summed E-state index contributed by atoms with van der Waals surface area (Å²) >= 11 is 0. The van der Waals surface area contributed by atoms with E-state index in [1.807, 2.05) is 49.1 Å². The van der Waals surface area contributed by atoms with Gasteiger partial charge in [0.25, 0.3) is 0 Å². The van der Waals surface area contributed by atoms with Gasteiger partial charge in [-0.15, -0.1) is 0 Å². The van der Waals surface area contributed by atoms with Gasteiger partial charge in [0.05, 0.1) is 0 Å². The second kappa shape index (κ2) is 14.8. The fraction of sp³-hybridized carbons (Fsp3) is 0.333. The Labute approximate surface area is 215 Å². The van der Waals surface area contributed by atoms with Gasteiger partial charge in [-0.2, -0.15) is 0 Å². The molecule has 0 saturated heterocycles. The number of hydrogen-bond donors (Lipinski definition) is 0. The molecule has 0 spiro atoms. The molecule has 0 saturated carbocycles. The van der Waals surface area contributed by atoms with Crippen molar-refractivity contribution in [1.29, 1.82) is 0 Å². The van der Waals surface area contributed by atoms with Gasteiger partial charge >= 0.3 is 0 Å². The predicted molar refractivity (Wildman–Crippen MR) is 145 cm³/mol. The third kappa shape index (κ3) is 9.29. The second-order valence-electron chi connectivity index (χ2n) is 8.97. The molecule has 0 aromatic carbocycles. The molecular formula is C30H36N6. The normalized spacial score (nSPS) is 11.3. The summed E-state index contributed by atoms with van der Waals surface area (Å²) in [7, 11) is 0. The summed E-state index contributed by atoms with van der Waals surface area (Å²) in [5.74, 6) is 0. The van der Waals surface area contributed by atoms with Crippen LogP contribution in [0.3, 0.4) is 0 Å². The molecule has 0 atom stereocenters. The van der Waals surface area contributed by atoms with Crippen LogP contribution in [-0.2, 0) is 25.7 Å². The van der Waals surface area contributed by atoms with E-state index in [-0.39, 0.29) is 0 Å². The lowest BCUT2D eigenvalue weighted by molar-refractivity contribution is 0.206. The molecule has 4 aromatic rings. The molecule has 0 N–H and O–H groups in total. The lowest BCUT2D eigenvalue weighted by atomic mass is 10.2. The first-order valence-electron chi connectivity index (χ1n) is 12.9. The Morgan fingerprint density at radius 2 is 0.639 bits per heavy atom. The number of nitrogens with zero attached hydrogens (tertiary/aromatic N) is 6. The molecule has 6 nitrogen and oxygen atoms in total. The molecule has 0 unspecified atom stereocenters. The van der Waals surface area contributed by atoms with Gasteiger partial charge in [-0.1, -0.05) is 24.3 Å². The van der Waals surface area contributed by atoms with Crippen LogP contribution < -0.4 is 0 Å². The van der Waals surface area contributed by atoms with E-state index >= 15 is 0 Å². The molecule has 0 aliphatic rings. The van der Waals surface area contributed by atoms with Crippen LogP contribution in [0.4, 0.5) is 0 Å². The van der Waals surface area contributed by atoms with Crippen molar-refractivity contribution in [3.8, 4) is 0 Å². The Morgan fingerprint density at radius 1 is 0.361 bits per heavy atom. The lowest BCUT2D eigenvalue weighted by Gasteiger charge is -2.28. The summed E-state index contributed by atoms with van der Waals surface area (Å²) in [5, 5.41) is 0. The topological polar surface area (TPSA) is 58.0 Å². The van der Waals surface area contributed by atoms with Crippen LogP contribution in [-0.4, -0.2) is 69.0 Å². The van der Waals surface area contributed by atoms with Crippen LogP contribution in [0.2, 0.25) is 0 Å². The average molecular weight is 481 g/mol. The van der Waals surface area contributed by atoms with E-state index in [0.29, 0.717) is 0 Å². The molecule has 0 radical (unpaired) electrons. The maximum absolute atomic E-state index is 4.53. The maximum atomic E-state index is 4.53. The highest BCUT2D eigenvalue weighted by Gasteiger charge is 2.12. The minimum absolute atomic E-state index is 0.949. The van der Waals surface area contributed by atoms with Gasteiger partial charge in [0, 0.05) is 113 Å². The highest BCUT2D eigenvalue weighted by Crippen LogP contribution is 2.05. The Bertz CT molecular complexity index is 915. The SMILES string of the molecule is c1ccc(CCN(CCc2ccccn2)CCN(CCc2ccccn2)CCc2ccccn2)nc1. The summed E-state index contributed by atoms with van der Waals surface area (Å²) < 4.78 is 0. The molecular weight excluding hydrogens is 444 g/mol. The fourth-order valence-electron chi connectivity index (χ4n) is 4.23. The summed E-state index contributed by atoms with van der Waals surface area (Å²) in [5.41, 5.74) is 4.56. The fourth-order valence-corrected chi connectivity index (χ4v) is 4.23. The van der Waals surface area contributed by atoms with Crippen LogP contribution in [0, 0.1) is 0 Å². The van der Waals surface area contributed by atoms with E-state index < -0.39 is 0 Å². The zero-order valence-electron chi connectivity index (χ0n) is 21.0. The van der Waals surface area contributed by atoms with Crippen molar-refractivity contribution in [2.45, 2.75) is 25.7 Å². The average Bonchev–Trinajstić information content (AvgIpc) is 2.95. The van der Waals surface area contributed by atoms with Gasteiger partial charge in [-0.25, -0.2) is 0 Å². The monoisotopic (exact) mass is 480 g/mol. The number of hydrogen-bond acceptors (Lipinski definition) is 6. The van der Waals surface area contributed by atoms with E-state index in [0.717, 1.165) is 87.7 Å². The molecule has 36 heavy (non-hydrogen) atoms. The van der Waals surface area contributed by atoms with Crippen molar-refractivity contribution >= 4 is 0 Å². The smallest absolute Gasteiger partial charge is 0.0416 e.